The molecule has 4 atom stereocenters. The first-order chi connectivity index (χ1) is 18.4. The zero-order chi connectivity index (χ0) is 30.8. The predicted molar refractivity (Wildman–Crippen MR) is 155 cm³/mol. The van der Waals surface area contributed by atoms with Crippen LogP contribution >= 0.6 is 0 Å². The van der Waals surface area contributed by atoms with Gasteiger partial charge in [0.2, 0.25) is 17.6 Å². The Morgan fingerprint density at radius 3 is 2.15 bits per heavy atom. The standard InChI is InChI=1S/C30H52N4O6/c1-11-13-21(23(35)26(37)31-16-12-2)32-25(36)22-17-20(15-14-19(3)4)18-34(22)27(38)24(29(5,6)7)33-28(39)40-30(8,9)10/h12,19-22,24H,2,11,13-18H2,1,3-10H3,(H,31,37)(H,32,36)(H,33,39). The van der Waals surface area contributed by atoms with Crippen LogP contribution in [0, 0.1) is 17.3 Å². The second-order valence-electron chi connectivity index (χ2n) is 13.2. The summed E-state index contributed by atoms with van der Waals surface area (Å²) in [5.74, 6) is -1.83. The number of likely N-dealkylation sites (tertiary alicyclic amines) is 1. The zero-order valence-corrected chi connectivity index (χ0v) is 26.0. The summed E-state index contributed by atoms with van der Waals surface area (Å²) in [5, 5.41) is 7.95. The van der Waals surface area contributed by atoms with Crippen molar-refractivity contribution >= 4 is 29.6 Å². The summed E-state index contributed by atoms with van der Waals surface area (Å²) in [6.07, 6.45) is 3.83. The number of alkyl carbamates (subject to hydrolysis) is 1. The van der Waals surface area contributed by atoms with Crippen LogP contribution in [-0.4, -0.2) is 71.3 Å². The van der Waals surface area contributed by atoms with Gasteiger partial charge in [0.15, 0.2) is 0 Å². The van der Waals surface area contributed by atoms with Gasteiger partial charge in [-0.1, -0.05) is 60.5 Å². The van der Waals surface area contributed by atoms with Crippen LogP contribution in [0.3, 0.4) is 0 Å². The molecule has 10 heteroatoms. The third kappa shape index (κ3) is 11.3. The van der Waals surface area contributed by atoms with Crippen molar-refractivity contribution in [3.63, 3.8) is 0 Å². The number of rotatable bonds is 13. The van der Waals surface area contributed by atoms with Gasteiger partial charge < -0.3 is 25.6 Å². The number of amides is 4. The van der Waals surface area contributed by atoms with Crippen LogP contribution in [0.1, 0.15) is 94.4 Å². The maximum Gasteiger partial charge on any atom is 0.408 e. The van der Waals surface area contributed by atoms with Crippen molar-refractivity contribution in [2.24, 2.45) is 17.3 Å². The highest BCUT2D eigenvalue weighted by molar-refractivity contribution is 6.38. The Kier molecular flexibility index (Phi) is 13.3. The van der Waals surface area contributed by atoms with Crippen LogP contribution in [0.5, 0.6) is 0 Å². The first-order valence-electron chi connectivity index (χ1n) is 14.4. The molecule has 0 saturated carbocycles. The summed E-state index contributed by atoms with van der Waals surface area (Å²) in [6, 6.07) is -2.79. The molecular weight excluding hydrogens is 512 g/mol. The number of ether oxygens (including phenoxy) is 1. The average molecular weight is 565 g/mol. The van der Waals surface area contributed by atoms with E-state index in [1.807, 2.05) is 27.7 Å². The summed E-state index contributed by atoms with van der Waals surface area (Å²) in [7, 11) is 0. The lowest BCUT2D eigenvalue weighted by Gasteiger charge is -2.36. The van der Waals surface area contributed by atoms with Gasteiger partial charge in [0.25, 0.3) is 5.91 Å². The van der Waals surface area contributed by atoms with Gasteiger partial charge in [0.05, 0.1) is 6.04 Å². The molecule has 1 aliphatic heterocycles. The fourth-order valence-corrected chi connectivity index (χ4v) is 4.67. The fraction of sp³-hybridized carbons (Fsp3) is 0.767. The number of carbonyl (C=O) groups is 5. The highest BCUT2D eigenvalue weighted by Gasteiger charge is 2.45. The van der Waals surface area contributed by atoms with Gasteiger partial charge >= 0.3 is 6.09 Å². The number of hydrogen-bond donors (Lipinski definition) is 3. The van der Waals surface area contributed by atoms with Crippen LogP contribution in [0.2, 0.25) is 0 Å². The third-order valence-corrected chi connectivity index (χ3v) is 6.74. The SMILES string of the molecule is C=CCNC(=O)C(=O)C(CCC)NC(=O)C1CC(CCC(C)C)CN1C(=O)C(NC(=O)OC(C)(C)C)C(C)(C)C. The summed E-state index contributed by atoms with van der Waals surface area (Å²) >= 11 is 0. The lowest BCUT2D eigenvalue weighted by molar-refractivity contribution is -0.144. The Bertz CT molecular complexity index is 918. The van der Waals surface area contributed by atoms with Crippen molar-refractivity contribution < 1.29 is 28.7 Å². The van der Waals surface area contributed by atoms with Crippen molar-refractivity contribution in [2.75, 3.05) is 13.1 Å². The van der Waals surface area contributed by atoms with Crippen molar-refractivity contribution in [3.05, 3.63) is 12.7 Å². The molecule has 0 aliphatic carbocycles. The fourth-order valence-electron chi connectivity index (χ4n) is 4.67. The van der Waals surface area contributed by atoms with Crippen LogP contribution in [0.4, 0.5) is 4.79 Å². The van der Waals surface area contributed by atoms with E-state index in [2.05, 4.69) is 36.4 Å². The predicted octanol–water partition coefficient (Wildman–Crippen LogP) is 3.74. The first-order valence-corrected chi connectivity index (χ1v) is 14.4. The molecular formula is C30H52N4O6. The first kappa shape index (κ1) is 35.1. The minimum Gasteiger partial charge on any atom is -0.444 e. The number of Topliss-reactive ketones (excluding diaryl/α,β-unsaturated/α-hetero) is 1. The van der Waals surface area contributed by atoms with Crippen LogP contribution in [-0.2, 0) is 23.9 Å². The third-order valence-electron chi connectivity index (χ3n) is 6.74. The van der Waals surface area contributed by atoms with E-state index in [-0.39, 0.29) is 24.8 Å². The Morgan fingerprint density at radius 1 is 1.02 bits per heavy atom. The molecule has 1 saturated heterocycles. The number of nitrogens with one attached hydrogen (secondary N) is 3. The molecule has 10 nitrogen and oxygen atoms in total. The van der Waals surface area contributed by atoms with Crippen molar-refractivity contribution in [1.29, 1.82) is 0 Å². The van der Waals surface area contributed by atoms with Crippen LogP contribution in [0.15, 0.2) is 12.7 Å². The second kappa shape index (κ2) is 15.2. The smallest absolute Gasteiger partial charge is 0.408 e. The van der Waals surface area contributed by atoms with E-state index in [0.717, 1.165) is 12.8 Å². The number of hydrogen-bond acceptors (Lipinski definition) is 6. The van der Waals surface area contributed by atoms with Gasteiger partial charge in [-0.3, -0.25) is 19.2 Å². The van der Waals surface area contributed by atoms with E-state index in [1.54, 1.807) is 20.8 Å². The van der Waals surface area contributed by atoms with E-state index in [1.165, 1.54) is 11.0 Å². The van der Waals surface area contributed by atoms with E-state index in [4.69, 9.17) is 4.74 Å². The second-order valence-corrected chi connectivity index (χ2v) is 13.2. The Morgan fingerprint density at radius 2 is 1.65 bits per heavy atom. The van der Waals surface area contributed by atoms with Crippen LogP contribution in [0.25, 0.3) is 0 Å². The molecule has 3 N–H and O–H groups in total. The maximum absolute atomic E-state index is 14.0. The highest BCUT2D eigenvalue weighted by Crippen LogP contribution is 2.32. The monoisotopic (exact) mass is 564 g/mol. The largest absolute Gasteiger partial charge is 0.444 e. The van der Waals surface area contributed by atoms with Gasteiger partial charge in [-0.05, 0) is 57.3 Å². The van der Waals surface area contributed by atoms with Gasteiger partial charge in [-0.25, -0.2) is 4.79 Å². The lowest BCUT2D eigenvalue weighted by atomic mass is 9.85. The molecule has 0 aromatic rings. The summed E-state index contributed by atoms with van der Waals surface area (Å²) in [4.78, 5) is 67.0. The summed E-state index contributed by atoms with van der Waals surface area (Å²) in [6.45, 7) is 20.9. The molecule has 0 radical (unpaired) electrons. The van der Waals surface area contributed by atoms with E-state index in [9.17, 15) is 24.0 Å². The Hall–Kier alpha value is -2.91. The number of carbonyl (C=O) groups excluding carboxylic acids is 5. The number of nitrogens with zero attached hydrogens (tertiary/aromatic N) is 1. The summed E-state index contributed by atoms with van der Waals surface area (Å²) in [5.41, 5.74) is -1.42. The van der Waals surface area contributed by atoms with Gasteiger partial charge in [0.1, 0.15) is 17.7 Å². The topological polar surface area (TPSA) is 134 Å². The van der Waals surface area contributed by atoms with E-state index >= 15 is 0 Å². The van der Waals surface area contributed by atoms with Gasteiger partial charge in [-0.15, -0.1) is 6.58 Å². The molecule has 1 heterocycles. The molecule has 4 amide bonds. The van der Waals surface area contributed by atoms with E-state index < -0.39 is 52.8 Å². The molecule has 0 bridgehead atoms. The van der Waals surface area contributed by atoms with Gasteiger partial charge in [0, 0.05) is 13.1 Å². The molecule has 228 valence electrons. The Balaban J connectivity index is 3.27. The van der Waals surface area contributed by atoms with Gasteiger partial charge in [-0.2, -0.15) is 0 Å². The Labute approximate surface area is 240 Å². The molecule has 4 unspecified atom stereocenters. The molecule has 1 aliphatic rings. The minimum absolute atomic E-state index is 0.0838. The normalized spacial score (nSPS) is 19.0. The minimum atomic E-state index is -1.01. The zero-order valence-electron chi connectivity index (χ0n) is 26.0. The summed E-state index contributed by atoms with van der Waals surface area (Å²) < 4.78 is 5.41. The average Bonchev–Trinajstić information content (AvgIpc) is 3.26. The molecule has 40 heavy (non-hydrogen) atoms. The van der Waals surface area contributed by atoms with Crippen molar-refractivity contribution in [3.8, 4) is 0 Å². The van der Waals surface area contributed by atoms with E-state index in [0.29, 0.717) is 25.3 Å². The number of ketones is 1. The highest BCUT2D eigenvalue weighted by atomic mass is 16.6. The molecule has 1 rings (SSSR count). The quantitative estimate of drug-likeness (QED) is 0.231. The molecule has 1 fully saturated rings. The molecule has 0 spiro atoms. The lowest BCUT2D eigenvalue weighted by Crippen LogP contribution is -2.59. The van der Waals surface area contributed by atoms with Crippen molar-refractivity contribution in [2.45, 2.75) is 118 Å². The molecule has 0 aromatic carbocycles. The maximum atomic E-state index is 14.0. The van der Waals surface area contributed by atoms with Crippen LogP contribution < -0.4 is 16.0 Å². The van der Waals surface area contributed by atoms with Crippen molar-refractivity contribution in [1.82, 2.24) is 20.9 Å². The molecule has 0 aromatic heterocycles.